The molecule has 7 fully saturated rings. The van der Waals surface area contributed by atoms with Gasteiger partial charge in [0.2, 0.25) is 41.4 Å². The van der Waals surface area contributed by atoms with Crippen molar-refractivity contribution >= 4 is 118 Å². The summed E-state index contributed by atoms with van der Waals surface area (Å²) in [4.78, 5) is 180. The molecule has 7 heterocycles. The van der Waals surface area contributed by atoms with Crippen molar-refractivity contribution < 1.29 is 150 Å². The number of amides is 7. The monoisotopic (exact) mass is 1750 g/mol. The number of carboxylic acid groups (broad SMARTS) is 1. The van der Waals surface area contributed by atoms with Crippen molar-refractivity contribution in [3.05, 3.63) is 0 Å². The van der Waals surface area contributed by atoms with Gasteiger partial charge in [0.25, 0.3) is 10.1 Å². The lowest BCUT2D eigenvalue weighted by molar-refractivity contribution is -0.146. The van der Waals surface area contributed by atoms with E-state index in [4.69, 9.17) is 28.2 Å². The molecule has 0 bridgehead atoms. The average molecular weight is 1750 g/mol. The second-order valence-corrected chi connectivity index (χ2v) is 32.2. The van der Waals surface area contributed by atoms with Crippen molar-refractivity contribution in [3.8, 4) is 0 Å². The van der Waals surface area contributed by atoms with Gasteiger partial charge < -0.3 is 81.8 Å². The van der Waals surface area contributed by atoms with E-state index in [9.17, 15) is 88.8 Å². The zero-order valence-corrected chi connectivity index (χ0v) is 73.2. The van der Waals surface area contributed by atoms with Crippen LogP contribution in [-0.4, -0.2) is 335 Å². The molecule has 42 heteroatoms. The molecule has 0 aromatic rings. The molecule has 678 valence electrons. The lowest BCUT2D eigenvalue weighted by atomic mass is 10.0. The molecule has 8 atom stereocenters. The zero-order chi connectivity index (χ0) is 88.9. The molecule has 7 saturated heterocycles. The molecule has 3 N–H and O–H groups in total. The molecule has 7 aliphatic heterocycles. The molecule has 0 aromatic heterocycles. The van der Waals surface area contributed by atoms with Crippen LogP contribution < -0.4 is 0 Å². The van der Waals surface area contributed by atoms with Crippen molar-refractivity contribution in [1.82, 2.24) is 34.3 Å². The Bertz CT molecular complexity index is 3390. The smallest absolute Gasteiger partial charge is 0.397 e. The summed E-state index contributed by atoms with van der Waals surface area (Å²) in [5, 5.41) is 8.45. The van der Waals surface area contributed by atoms with Crippen LogP contribution in [0.25, 0.3) is 0 Å². The molecular weight excluding hydrogens is 1620 g/mol. The summed E-state index contributed by atoms with van der Waals surface area (Å²) in [6.07, 6.45) is 23.9. The first-order valence-corrected chi connectivity index (χ1v) is 44.4. The Kier molecular flexibility index (Phi) is 55.6. The first-order valence-electron chi connectivity index (χ1n) is 40.0. The number of unbranched alkanes of at least 4 members (excludes halogenated alkanes) is 15. The molecule has 7 amide bonds. The zero-order valence-electron chi connectivity index (χ0n) is 70.6. The number of hydrogen-bond acceptors (Lipinski definition) is 29. The number of esters is 7. The molecule has 39 nitrogen and oxygen atoms in total. The van der Waals surface area contributed by atoms with Gasteiger partial charge in [-0.15, -0.1) is 0 Å². The Hall–Kier alpha value is -7.82. The van der Waals surface area contributed by atoms with Gasteiger partial charge in [0, 0.05) is 152 Å². The number of nitrogens with zero attached hydrogens (tertiary/aromatic N) is 7. The highest BCUT2D eigenvalue weighted by molar-refractivity contribution is 7.85. The van der Waals surface area contributed by atoms with Gasteiger partial charge in [0.1, 0.15) is 0 Å². The first kappa shape index (κ1) is 108. The quantitative estimate of drug-likeness (QED) is 0.0257. The van der Waals surface area contributed by atoms with E-state index in [2.05, 4.69) is 39.5 Å². The molecule has 0 aliphatic carbocycles. The van der Waals surface area contributed by atoms with Crippen LogP contribution in [0.5, 0.6) is 0 Å². The van der Waals surface area contributed by atoms with Crippen molar-refractivity contribution in [2.24, 2.45) is 41.4 Å². The Balaban J connectivity index is 0.000000700. The van der Waals surface area contributed by atoms with Crippen LogP contribution in [0.4, 0.5) is 0 Å². The maximum atomic E-state index is 11.9. The van der Waals surface area contributed by atoms with E-state index in [0.717, 1.165) is 25.9 Å². The summed E-state index contributed by atoms with van der Waals surface area (Å²) in [5.41, 5.74) is 0. The Morgan fingerprint density at radius 1 is 0.339 bits per heavy atom. The highest BCUT2D eigenvalue weighted by Crippen LogP contribution is 2.26. The molecule has 118 heavy (non-hydrogen) atoms. The molecule has 0 spiro atoms. The Morgan fingerprint density at radius 2 is 0.585 bits per heavy atom. The number of rotatable bonds is 43. The van der Waals surface area contributed by atoms with Crippen molar-refractivity contribution in [2.45, 2.75) is 174 Å². The van der Waals surface area contributed by atoms with Crippen molar-refractivity contribution in [1.29, 1.82) is 0 Å². The number of likely N-dealkylation sites (tertiary alicyclic amines) is 7. The fraction of sp³-hybridized carbons (Fsp3) is 0.803. The van der Waals surface area contributed by atoms with Crippen LogP contribution in [0.2, 0.25) is 0 Å². The van der Waals surface area contributed by atoms with E-state index >= 15 is 0 Å². The van der Waals surface area contributed by atoms with Gasteiger partial charge in [-0.25, -0.2) is 4.18 Å². The number of ether oxygens (including phenoxy) is 8. The summed E-state index contributed by atoms with van der Waals surface area (Å²) < 4.78 is 105. The van der Waals surface area contributed by atoms with Crippen LogP contribution in [0.1, 0.15) is 174 Å². The van der Waals surface area contributed by atoms with Gasteiger partial charge in [-0.2, -0.15) is 16.8 Å². The summed E-state index contributed by atoms with van der Waals surface area (Å²) in [6.45, 7) is 12.2. The molecule has 7 aliphatic rings. The SMILES string of the molecule is CCCCCCCCCCCCCCCCCCN1CC(C(=O)OC)CC1=O.CCCN1CC(C(=O)OC)CC1=O.COC(=O)C1CC(=O)N(CCC(=O)O)C1.COC(=O)C1CC(=O)N(CCOPC)C1.COC(=O)C1CC(=O)N(CCOS(=O)(=O)O)C1.COC(=O)C1CC(=O)N(CCS(=O)(=O)O)C1.COCCN1CC(C(=O)OC)CC1=O. The largest absolute Gasteiger partial charge is 0.481 e. The predicted octanol–water partition coefficient (Wildman–Crippen LogP) is 3.79. The normalized spacial score (nSPS) is 20.2. The minimum absolute atomic E-state index is 0.00236. The standard InChI is InChI=1S/C24H45NO3.C9H13NO5.C9H16NO4P.C9H15NO4.C9H15NO3.C8H13NO7S.C8H13NO6S/c1-3-4-5-6-7-8-9-10-11-12-13-14-15-16-17-18-19-25-21-22(20-23(25)26)24(27)28-2;1-15-9(14)6-4-7(11)10(5-6)3-2-8(12)13;1-13-9(12)7-5-8(11)10(6-7)3-4-14-15-2;1-13-4-3-10-6-7(5-8(10)11)9(12)14-2;1-3-4-10-6-7(5-8(10)11)9(12)13-2;1-15-8(11)6-4-7(10)9(5-6)2-3-16-17(12,13)14;1-15-8(11)6-4-7(10)9(5-6)2-3-16(12,13)14/h22H,3-21H2,1-2H3;6H,2-5H2,1H3,(H,12,13);7,15H,3-6H2,1-2H3;7H,3-6H2,1-2H3;7H,3-6H2,1-2H3;6H,2-5H2,1H3,(H,12,13,14);6H,2-5H2,1H3,(H,12,13,14). The molecule has 0 saturated carbocycles. The average Bonchev–Trinajstić information content (AvgIpc) is 1.78. The minimum Gasteiger partial charge on any atom is -0.481 e. The number of carbonyl (C=O) groups excluding carboxylic acids is 14. The van der Waals surface area contributed by atoms with Crippen molar-refractivity contribution in [3.63, 3.8) is 0 Å². The topological polar surface area (TPSA) is 500 Å². The van der Waals surface area contributed by atoms with E-state index in [1.807, 2.05) is 18.5 Å². The van der Waals surface area contributed by atoms with E-state index in [1.165, 1.54) is 161 Å². The second kappa shape index (κ2) is 60.6. The molecule has 0 radical (unpaired) electrons. The minimum atomic E-state index is -4.50. The van der Waals surface area contributed by atoms with Crippen molar-refractivity contribution in [2.75, 3.05) is 181 Å². The number of aliphatic carboxylic acids is 1. The number of carbonyl (C=O) groups is 15. The third-order valence-electron chi connectivity index (χ3n) is 20.0. The Labute approximate surface area is 695 Å². The third kappa shape index (κ3) is 45.0. The molecule has 0 aromatic carbocycles. The van der Waals surface area contributed by atoms with Crippen LogP contribution in [0, 0.1) is 41.4 Å². The Morgan fingerprint density at radius 3 is 0.831 bits per heavy atom. The van der Waals surface area contributed by atoms with Crippen LogP contribution in [0.15, 0.2) is 0 Å². The molecular formula is C76H130N7O32PS2. The number of carboxylic acids is 1. The van der Waals surface area contributed by atoms with E-state index < -0.39 is 67.9 Å². The second-order valence-electron chi connectivity index (χ2n) is 28.9. The number of hydrogen-bond donors (Lipinski definition) is 3. The van der Waals surface area contributed by atoms with E-state index in [-0.39, 0.29) is 173 Å². The summed E-state index contributed by atoms with van der Waals surface area (Å²) in [7, 11) is 2.59. The fourth-order valence-corrected chi connectivity index (χ4v) is 14.5. The summed E-state index contributed by atoms with van der Waals surface area (Å²) in [6, 6.07) is 0. The number of methoxy groups -OCH3 is 8. The molecule has 8 unspecified atom stereocenters. The van der Waals surface area contributed by atoms with Gasteiger partial charge in [-0.3, -0.25) is 81.0 Å². The van der Waals surface area contributed by atoms with Crippen LogP contribution in [-0.2, 0) is 139 Å². The maximum absolute atomic E-state index is 11.9. The lowest BCUT2D eigenvalue weighted by Gasteiger charge is -2.15. The maximum Gasteiger partial charge on any atom is 0.397 e. The van der Waals surface area contributed by atoms with E-state index in [1.54, 1.807) is 21.8 Å². The first-order chi connectivity index (χ1) is 55.9. The van der Waals surface area contributed by atoms with Gasteiger partial charge in [-0.1, -0.05) is 110 Å². The van der Waals surface area contributed by atoms with Crippen LogP contribution in [0.3, 0.4) is 0 Å². The summed E-state index contributed by atoms with van der Waals surface area (Å²) >= 11 is 0. The van der Waals surface area contributed by atoms with E-state index in [0.29, 0.717) is 74.1 Å². The van der Waals surface area contributed by atoms with Gasteiger partial charge >= 0.3 is 58.2 Å². The fourth-order valence-electron chi connectivity index (χ4n) is 13.5. The van der Waals surface area contributed by atoms with Gasteiger partial charge in [-0.05, 0) is 19.5 Å². The third-order valence-corrected chi connectivity index (χ3v) is 21.7. The summed E-state index contributed by atoms with van der Waals surface area (Å²) in [5.74, 6) is -7.19. The van der Waals surface area contributed by atoms with Gasteiger partial charge in [0.05, 0.1) is 123 Å². The highest BCUT2D eigenvalue weighted by atomic mass is 32.3. The van der Waals surface area contributed by atoms with Gasteiger partial charge in [0.15, 0.2) is 0 Å². The lowest BCUT2D eigenvalue weighted by Crippen LogP contribution is -2.31. The predicted molar refractivity (Wildman–Crippen MR) is 425 cm³/mol. The molecule has 7 rings (SSSR count). The van der Waals surface area contributed by atoms with Crippen LogP contribution >= 0.6 is 8.81 Å². The highest BCUT2D eigenvalue weighted by Gasteiger charge is 2.41.